The van der Waals surface area contributed by atoms with Gasteiger partial charge in [-0.3, -0.25) is 4.79 Å². The number of hydrogen-bond acceptors (Lipinski definition) is 5. The van der Waals surface area contributed by atoms with Gasteiger partial charge >= 0.3 is 0 Å². The quantitative estimate of drug-likeness (QED) is 0.742. The molecule has 1 rings (SSSR count). The summed E-state index contributed by atoms with van der Waals surface area (Å²) in [5.74, 6) is 1.15. The summed E-state index contributed by atoms with van der Waals surface area (Å²) in [5, 5.41) is 0. The zero-order valence-electron chi connectivity index (χ0n) is 10.6. The molecule has 1 atom stereocenters. The Hall–Kier alpha value is -1.56. The minimum atomic E-state index is -0.267. The highest BCUT2D eigenvalue weighted by Gasteiger charge is 2.16. The fraction of sp³-hybridized carbons (Fsp3) is 0.636. The van der Waals surface area contributed by atoms with Crippen LogP contribution in [0.3, 0.4) is 0 Å². The van der Waals surface area contributed by atoms with Crippen LogP contribution in [0.4, 0.5) is 5.82 Å². The van der Waals surface area contributed by atoms with Crippen molar-refractivity contribution in [2.45, 2.75) is 13.8 Å². The van der Waals surface area contributed by atoms with E-state index in [-0.39, 0.29) is 11.3 Å². The van der Waals surface area contributed by atoms with Gasteiger partial charge in [-0.05, 0) is 19.4 Å². The first-order valence-corrected chi connectivity index (χ1v) is 5.70. The van der Waals surface area contributed by atoms with Crippen LogP contribution in [0.1, 0.15) is 13.8 Å². The van der Waals surface area contributed by atoms with E-state index < -0.39 is 0 Å². The summed E-state index contributed by atoms with van der Waals surface area (Å²) in [6.07, 6.45) is 1.38. The number of ether oxygens (including phenoxy) is 1. The molecule has 1 heterocycles. The normalized spacial score (nSPS) is 12.2. The van der Waals surface area contributed by atoms with Crippen LogP contribution in [0.15, 0.2) is 11.1 Å². The average Bonchev–Trinajstić information content (AvgIpc) is 2.35. The van der Waals surface area contributed by atoms with E-state index in [0.717, 1.165) is 13.1 Å². The SMILES string of the molecule is CCN(CC(C)CN)c1nc[nH]c(=O)c1OC. The lowest BCUT2D eigenvalue weighted by Gasteiger charge is -2.25. The van der Waals surface area contributed by atoms with E-state index in [4.69, 9.17) is 10.5 Å². The Morgan fingerprint density at radius 3 is 2.88 bits per heavy atom. The summed E-state index contributed by atoms with van der Waals surface area (Å²) in [5.41, 5.74) is 5.34. The molecule has 1 aromatic heterocycles. The molecule has 1 aromatic rings. The van der Waals surface area contributed by atoms with E-state index in [1.54, 1.807) is 0 Å². The molecule has 6 nitrogen and oxygen atoms in total. The van der Waals surface area contributed by atoms with E-state index in [9.17, 15) is 4.79 Å². The van der Waals surface area contributed by atoms with Gasteiger partial charge in [0.15, 0.2) is 5.82 Å². The molecule has 96 valence electrons. The number of hydrogen-bond donors (Lipinski definition) is 2. The molecule has 0 bridgehead atoms. The summed E-state index contributed by atoms with van der Waals surface area (Å²) in [6.45, 7) is 6.16. The van der Waals surface area contributed by atoms with Crippen molar-refractivity contribution < 1.29 is 4.74 Å². The molecule has 6 heteroatoms. The van der Waals surface area contributed by atoms with Crippen LogP contribution in [0.5, 0.6) is 5.75 Å². The summed E-state index contributed by atoms with van der Waals surface area (Å²) >= 11 is 0. The van der Waals surface area contributed by atoms with Gasteiger partial charge in [0.05, 0.1) is 13.4 Å². The van der Waals surface area contributed by atoms with Gasteiger partial charge < -0.3 is 20.4 Å². The Labute approximate surface area is 101 Å². The van der Waals surface area contributed by atoms with E-state index >= 15 is 0 Å². The molecular formula is C11H20N4O2. The first-order valence-electron chi connectivity index (χ1n) is 5.70. The Bertz CT molecular complexity index is 405. The largest absolute Gasteiger partial charge is 0.489 e. The Kier molecular flexibility index (Phi) is 4.96. The van der Waals surface area contributed by atoms with Crippen LogP contribution in [0.25, 0.3) is 0 Å². The van der Waals surface area contributed by atoms with Crippen molar-refractivity contribution in [2.75, 3.05) is 31.6 Å². The fourth-order valence-corrected chi connectivity index (χ4v) is 1.60. The fourth-order valence-electron chi connectivity index (χ4n) is 1.60. The molecule has 0 saturated carbocycles. The molecule has 0 spiro atoms. The number of nitrogens with zero attached hydrogens (tertiary/aromatic N) is 2. The topological polar surface area (TPSA) is 84.2 Å². The Morgan fingerprint density at radius 1 is 1.65 bits per heavy atom. The number of nitrogens with one attached hydrogen (secondary N) is 1. The summed E-state index contributed by atoms with van der Waals surface area (Å²) in [4.78, 5) is 20.2. The molecule has 0 radical (unpaired) electrons. The summed E-state index contributed by atoms with van der Waals surface area (Å²) < 4.78 is 5.09. The predicted octanol–water partition coefficient (Wildman–Crippen LogP) is 0.200. The maximum Gasteiger partial charge on any atom is 0.295 e. The first-order chi connectivity index (χ1) is 8.13. The average molecular weight is 240 g/mol. The van der Waals surface area contributed by atoms with Crippen LogP contribution in [-0.2, 0) is 0 Å². The third kappa shape index (κ3) is 3.20. The molecule has 1 unspecified atom stereocenters. The maximum atomic E-state index is 11.6. The second-order valence-corrected chi connectivity index (χ2v) is 3.97. The van der Waals surface area contributed by atoms with Crippen molar-refractivity contribution in [1.29, 1.82) is 0 Å². The minimum Gasteiger partial charge on any atom is -0.489 e. The molecular weight excluding hydrogens is 220 g/mol. The number of aromatic nitrogens is 2. The molecule has 0 aromatic carbocycles. The van der Waals surface area contributed by atoms with Crippen LogP contribution < -0.4 is 20.9 Å². The van der Waals surface area contributed by atoms with Gasteiger partial charge in [0.2, 0.25) is 5.75 Å². The Balaban J connectivity index is 3.03. The molecule has 17 heavy (non-hydrogen) atoms. The Morgan fingerprint density at radius 2 is 2.35 bits per heavy atom. The summed E-state index contributed by atoms with van der Waals surface area (Å²) in [6, 6.07) is 0. The monoisotopic (exact) mass is 240 g/mol. The lowest BCUT2D eigenvalue weighted by atomic mass is 10.1. The van der Waals surface area contributed by atoms with Gasteiger partial charge in [-0.25, -0.2) is 4.98 Å². The highest BCUT2D eigenvalue weighted by atomic mass is 16.5. The third-order valence-electron chi connectivity index (χ3n) is 2.61. The second-order valence-electron chi connectivity index (χ2n) is 3.97. The van der Waals surface area contributed by atoms with Crippen molar-refractivity contribution in [2.24, 2.45) is 11.7 Å². The highest BCUT2D eigenvalue weighted by molar-refractivity contribution is 5.50. The number of H-pyrrole nitrogens is 1. The number of methoxy groups -OCH3 is 1. The number of nitrogens with two attached hydrogens (primary N) is 1. The van der Waals surface area contributed by atoms with Gasteiger partial charge in [-0.1, -0.05) is 6.92 Å². The molecule has 0 fully saturated rings. The van der Waals surface area contributed by atoms with Gasteiger partial charge in [0, 0.05) is 13.1 Å². The molecule has 0 aliphatic heterocycles. The van der Waals surface area contributed by atoms with Gasteiger partial charge in [-0.15, -0.1) is 0 Å². The van der Waals surface area contributed by atoms with Crippen LogP contribution >= 0.6 is 0 Å². The maximum absolute atomic E-state index is 11.6. The summed E-state index contributed by atoms with van der Waals surface area (Å²) in [7, 11) is 1.47. The third-order valence-corrected chi connectivity index (χ3v) is 2.61. The lowest BCUT2D eigenvalue weighted by Crippen LogP contribution is -2.33. The van der Waals surface area contributed by atoms with E-state index in [1.807, 2.05) is 11.8 Å². The van der Waals surface area contributed by atoms with E-state index in [2.05, 4.69) is 16.9 Å². The number of aromatic amines is 1. The molecule has 0 aliphatic carbocycles. The van der Waals surface area contributed by atoms with Crippen molar-refractivity contribution in [3.63, 3.8) is 0 Å². The minimum absolute atomic E-state index is 0.249. The predicted molar refractivity (Wildman–Crippen MR) is 67.5 cm³/mol. The highest BCUT2D eigenvalue weighted by Crippen LogP contribution is 2.20. The van der Waals surface area contributed by atoms with Crippen molar-refractivity contribution >= 4 is 5.82 Å². The van der Waals surface area contributed by atoms with Gasteiger partial charge in [-0.2, -0.15) is 0 Å². The van der Waals surface area contributed by atoms with Crippen LogP contribution in [0.2, 0.25) is 0 Å². The lowest BCUT2D eigenvalue weighted by molar-refractivity contribution is 0.404. The van der Waals surface area contributed by atoms with Crippen molar-refractivity contribution in [3.05, 3.63) is 16.7 Å². The van der Waals surface area contributed by atoms with Gasteiger partial charge in [0.25, 0.3) is 5.56 Å². The van der Waals surface area contributed by atoms with Crippen molar-refractivity contribution in [1.82, 2.24) is 9.97 Å². The van der Waals surface area contributed by atoms with E-state index in [0.29, 0.717) is 18.3 Å². The van der Waals surface area contributed by atoms with Gasteiger partial charge in [0.1, 0.15) is 0 Å². The zero-order valence-corrected chi connectivity index (χ0v) is 10.6. The van der Waals surface area contributed by atoms with E-state index in [1.165, 1.54) is 13.4 Å². The molecule has 3 N–H and O–H groups in total. The number of rotatable bonds is 6. The molecule has 0 amide bonds. The molecule has 0 aliphatic rings. The van der Waals surface area contributed by atoms with Crippen molar-refractivity contribution in [3.8, 4) is 5.75 Å². The smallest absolute Gasteiger partial charge is 0.295 e. The number of anilines is 1. The standard InChI is InChI=1S/C11H20N4O2/c1-4-15(6-8(2)5-12)10-9(17-3)11(16)14-7-13-10/h7-8H,4-6,12H2,1-3H3,(H,13,14,16). The zero-order chi connectivity index (χ0) is 12.8. The first kappa shape index (κ1) is 13.5. The second kappa shape index (κ2) is 6.24. The molecule has 0 saturated heterocycles. The van der Waals surface area contributed by atoms with Crippen LogP contribution in [-0.4, -0.2) is 36.7 Å². The van der Waals surface area contributed by atoms with Crippen LogP contribution in [0, 0.1) is 5.92 Å².